The van der Waals surface area contributed by atoms with Gasteiger partial charge in [-0.2, -0.15) is 0 Å². The van der Waals surface area contributed by atoms with Crippen LogP contribution in [0, 0.1) is 13.8 Å². The lowest BCUT2D eigenvalue weighted by molar-refractivity contribution is 0.0600. The van der Waals surface area contributed by atoms with Gasteiger partial charge in [-0.05, 0) is 49.2 Å². The molecule has 3 aromatic rings. The summed E-state index contributed by atoms with van der Waals surface area (Å²) in [6.45, 7) is 3.97. The first kappa shape index (κ1) is 19.0. The number of nitrogens with zero attached hydrogens (tertiary/aromatic N) is 2. The van der Waals surface area contributed by atoms with Gasteiger partial charge in [-0.3, -0.25) is 4.79 Å². The molecular formula is C21H20N4O3. The molecule has 2 N–H and O–H groups in total. The van der Waals surface area contributed by atoms with E-state index in [0.717, 1.165) is 16.8 Å². The Labute approximate surface area is 162 Å². The van der Waals surface area contributed by atoms with Gasteiger partial charge >= 0.3 is 5.97 Å². The number of para-hydroxylation sites is 1. The maximum atomic E-state index is 12.6. The van der Waals surface area contributed by atoms with Crippen molar-refractivity contribution >= 4 is 29.2 Å². The van der Waals surface area contributed by atoms with Crippen molar-refractivity contribution in [1.29, 1.82) is 0 Å². The molecule has 0 radical (unpaired) electrons. The third-order valence-electron chi connectivity index (χ3n) is 4.15. The highest BCUT2D eigenvalue weighted by Crippen LogP contribution is 2.22. The Morgan fingerprint density at radius 3 is 2.43 bits per heavy atom. The van der Waals surface area contributed by atoms with Crippen LogP contribution in [0.5, 0.6) is 0 Å². The van der Waals surface area contributed by atoms with Crippen LogP contribution >= 0.6 is 0 Å². The number of ether oxygens (including phenoxy) is 1. The van der Waals surface area contributed by atoms with E-state index in [4.69, 9.17) is 4.74 Å². The van der Waals surface area contributed by atoms with Crippen molar-refractivity contribution in [3.05, 3.63) is 77.1 Å². The van der Waals surface area contributed by atoms with Gasteiger partial charge in [0.15, 0.2) is 0 Å². The van der Waals surface area contributed by atoms with Gasteiger partial charge in [0.1, 0.15) is 5.69 Å². The Kier molecular flexibility index (Phi) is 5.64. The summed E-state index contributed by atoms with van der Waals surface area (Å²) in [7, 11) is 1.30. The number of carbonyl (C=O) groups excluding carboxylic acids is 2. The quantitative estimate of drug-likeness (QED) is 0.657. The van der Waals surface area contributed by atoms with Crippen molar-refractivity contribution in [1.82, 2.24) is 9.97 Å². The zero-order valence-electron chi connectivity index (χ0n) is 15.8. The second-order valence-corrected chi connectivity index (χ2v) is 6.18. The van der Waals surface area contributed by atoms with Crippen molar-refractivity contribution < 1.29 is 14.3 Å². The molecule has 0 saturated heterocycles. The van der Waals surface area contributed by atoms with Gasteiger partial charge in [-0.1, -0.05) is 24.3 Å². The zero-order valence-corrected chi connectivity index (χ0v) is 15.8. The Bertz CT molecular complexity index is 1010. The monoisotopic (exact) mass is 376 g/mol. The van der Waals surface area contributed by atoms with Crippen LogP contribution < -0.4 is 10.6 Å². The van der Waals surface area contributed by atoms with Crippen LogP contribution in [-0.2, 0) is 4.74 Å². The molecule has 0 spiro atoms. The highest BCUT2D eigenvalue weighted by Gasteiger charge is 2.12. The first-order valence-corrected chi connectivity index (χ1v) is 8.64. The van der Waals surface area contributed by atoms with E-state index in [1.807, 2.05) is 32.0 Å². The molecule has 1 heterocycles. The largest absolute Gasteiger partial charge is 0.465 e. The summed E-state index contributed by atoms with van der Waals surface area (Å²) < 4.78 is 4.69. The summed E-state index contributed by atoms with van der Waals surface area (Å²) in [5.41, 5.74) is 4.03. The summed E-state index contributed by atoms with van der Waals surface area (Å²) in [6, 6.07) is 14.0. The molecule has 28 heavy (non-hydrogen) atoms. The number of hydrogen-bond acceptors (Lipinski definition) is 6. The van der Waals surface area contributed by atoms with E-state index in [1.54, 1.807) is 24.3 Å². The number of aromatic nitrogens is 2. The fourth-order valence-electron chi connectivity index (χ4n) is 2.71. The third kappa shape index (κ3) is 4.32. The van der Waals surface area contributed by atoms with Gasteiger partial charge < -0.3 is 15.4 Å². The number of nitrogens with one attached hydrogen (secondary N) is 2. The number of benzene rings is 2. The lowest BCUT2D eigenvalue weighted by Crippen LogP contribution is -2.15. The molecule has 142 valence electrons. The minimum atomic E-state index is -0.474. The molecule has 0 aliphatic heterocycles. The zero-order chi connectivity index (χ0) is 20.1. The normalized spacial score (nSPS) is 10.2. The number of amides is 1. The van der Waals surface area contributed by atoms with E-state index in [0.29, 0.717) is 17.2 Å². The van der Waals surface area contributed by atoms with Gasteiger partial charge in [0.2, 0.25) is 5.95 Å². The summed E-state index contributed by atoms with van der Waals surface area (Å²) in [5, 5.41) is 5.89. The van der Waals surface area contributed by atoms with Crippen molar-refractivity contribution in [3.8, 4) is 0 Å². The maximum Gasteiger partial charge on any atom is 0.337 e. The molecule has 7 nitrogen and oxygen atoms in total. The van der Waals surface area contributed by atoms with E-state index < -0.39 is 11.9 Å². The van der Waals surface area contributed by atoms with Gasteiger partial charge in [-0.15, -0.1) is 0 Å². The second kappa shape index (κ2) is 8.30. The van der Waals surface area contributed by atoms with E-state index in [1.165, 1.54) is 19.4 Å². The van der Waals surface area contributed by atoms with Crippen molar-refractivity contribution in [2.75, 3.05) is 17.7 Å². The smallest absolute Gasteiger partial charge is 0.337 e. The molecular weight excluding hydrogens is 356 g/mol. The summed E-state index contributed by atoms with van der Waals surface area (Å²) in [5.74, 6) is -0.555. The summed E-state index contributed by atoms with van der Waals surface area (Å²) in [4.78, 5) is 32.7. The number of anilines is 3. The molecule has 0 saturated carbocycles. The van der Waals surface area contributed by atoms with Crippen molar-refractivity contribution in [2.45, 2.75) is 13.8 Å². The van der Waals surface area contributed by atoms with E-state index in [2.05, 4.69) is 20.6 Å². The molecule has 2 aromatic carbocycles. The molecule has 0 aliphatic rings. The number of esters is 1. The number of hydrogen-bond donors (Lipinski definition) is 2. The Morgan fingerprint density at radius 1 is 1.00 bits per heavy atom. The SMILES string of the molecule is COC(=O)c1cccc(NC(=O)c2ccnc(Nc3c(C)cccc3C)n2)c1. The third-order valence-corrected chi connectivity index (χ3v) is 4.15. The van der Waals surface area contributed by atoms with Crippen LogP contribution in [0.15, 0.2) is 54.7 Å². The van der Waals surface area contributed by atoms with Gasteiger partial charge in [0, 0.05) is 17.6 Å². The minimum absolute atomic E-state index is 0.201. The molecule has 0 atom stereocenters. The molecule has 1 amide bonds. The number of aryl methyl sites for hydroxylation is 2. The Morgan fingerprint density at radius 2 is 1.71 bits per heavy atom. The highest BCUT2D eigenvalue weighted by molar-refractivity contribution is 6.03. The number of methoxy groups -OCH3 is 1. The molecule has 0 aliphatic carbocycles. The molecule has 7 heteroatoms. The topological polar surface area (TPSA) is 93.2 Å². The van der Waals surface area contributed by atoms with Crippen LogP contribution in [0.3, 0.4) is 0 Å². The van der Waals surface area contributed by atoms with Crippen molar-refractivity contribution in [3.63, 3.8) is 0 Å². The van der Waals surface area contributed by atoms with E-state index in [9.17, 15) is 9.59 Å². The average Bonchev–Trinajstić information content (AvgIpc) is 2.70. The second-order valence-electron chi connectivity index (χ2n) is 6.18. The van der Waals surface area contributed by atoms with Crippen LogP contribution in [-0.4, -0.2) is 29.0 Å². The molecule has 1 aromatic heterocycles. The fourth-order valence-corrected chi connectivity index (χ4v) is 2.71. The standard InChI is InChI=1S/C21H20N4O3/c1-13-6-4-7-14(2)18(13)25-21-22-11-10-17(24-21)19(26)23-16-9-5-8-15(12-16)20(27)28-3/h4-12H,1-3H3,(H,23,26)(H,22,24,25). The number of rotatable bonds is 5. The van der Waals surface area contributed by atoms with Crippen LogP contribution in [0.2, 0.25) is 0 Å². The molecule has 3 rings (SSSR count). The van der Waals surface area contributed by atoms with Gasteiger partial charge in [0.05, 0.1) is 12.7 Å². The maximum absolute atomic E-state index is 12.6. The lowest BCUT2D eigenvalue weighted by Gasteiger charge is -2.12. The van der Waals surface area contributed by atoms with Gasteiger partial charge in [-0.25, -0.2) is 14.8 Å². The Hall–Kier alpha value is -3.74. The summed E-state index contributed by atoms with van der Waals surface area (Å²) in [6.07, 6.45) is 1.52. The van der Waals surface area contributed by atoms with Crippen LogP contribution in [0.1, 0.15) is 32.0 Å². The Balaban J connectivity index is 1.78. The average molecular weight is 376 g/mol. The van der Waals surface area contributed by atoms with Crippen LogP contribution in [0.25, 0.3) is 0 Å². The summed E-state index contributed by atoms with van der Waals surface area (Å²) >= 11 is 0. The minimum Gasteiger partial charge on any atom is -0.465 e. The lowest BCUT2D eigenvalue weighted by atomic mass is 10.1. The first-order chi connectivity index (χ1) is 13.5. The van der Waals surface area contributed by atoms with E-state index in [-0.39, 0.29) is 5.69 Å². The fraction of sp³-hybridized carbons (Fsp3) is 0.143. The van der Waals surface area contributed by atoms with Crippen LogP contribution in [0.4, 0.5) is 17.3 Å². The molecule has 0 unspecified atom stereocenters. The first-order valence-electron chi connectivity index (χ1n) is 8.64. The van der Waals surface area contributed by atoms with Gasteiger partial charge in [0.25, 0.3) is 5.91 Å². The predicted molar refractivity (Wildman–Crippen MR) is 107 cm³/mol. The van der Waals surface area contributed by atoms with Crippen molar-refractivity contribution in [2.24, 2.45) is 0 Å². The predicted octanol–water partition coefficient (Wildman–Crippen LogP) is 3.88. The van der Waals surface area contributed by atoms with E-state index >= 15 is 0 Å². The highest BCUT2D eigenvalue weighted by atomic mass is 16.5. The number of carbonyl (C=O) groups is 2. The molecule has 0 bridgehead atoms. The molecule has 0 fully saturated rings.